The van der Waals surface area contributed by atoms with Crippen LogP contribution in [0.15, 0.2) is 46.9 Å². The molecule has 32 heavy (non-hydrogen) atoms. The second kappa shape index (κ2) is 8.97. The van der Waals surface area contributed by atoms with Crippen LogP contribution in [0.1, 0.15) is 49.0 Å². The van der Waals surface area contributed by atoms with E-state index in [9.17, 15) is 10.1 Å². The SMILES string of the molecule is CC(C)(C)[C@@H]1CCc2c(sc(NC(=O)/C=C/c3ccc(-c4ccc(Cl)cc4)o3)c2C#N)C1. The Labute approximate surface area is 197 Å². The molecule has 0 spiro atoms. The van der Waals surface area contributed by atoms with Crippen LogP contribution in [0.4, 0.5) is 5.00 Å². The van der Waals surface area contributed by atoms with Crippen molar-refractivity contribution in [2.45, 2.75) is 40.0 Å². The summed E-state index contributed by atoms with van der Waals surface area (Å²) >= 11 is 7.47. The van der Waals surface area contributed by atoms with Crippen LogP contribution in [-0.4, -0.2) is 5.91 Å². The Morgan fingerprint density at radius 1 is 1.25 bits per heavy atom. The molecule has 3 aromatic rings. The molecule has 164 valence electrons. The minimum atomic E-state index is -0.281. The summed E-state index contributed by atoms with van der Waals surface area (Å²) in [5.41, 5.74) is 2.86. The molecule has 0 fully saturated rings. The number of halogens is 1. The lowest BCUT2D eigenvalue weighted by Gasteiger charge is -2.33. The zero-order valence-corrected chi connectivity index (χ0v) is 19.9. The van der Waals surface area contributed by atoms with Gasteiger partial charge in [0.05, 0.1) is 5.56 Å². The van der Waals surface area contributed by atoms with E-state index in [1.807, 2.05) is 24.3 Å². The summed E-state index contributed by atoms with van der Waals surface area (Å²) in [7, 11) is 0. The fraction of sp³-hybridized carbons (Fsp3) is 0.308. The van der Waals surface area contributed by atoms with Crippen LogP contribution >= 0.6 is 22.9 Å². The van der Waals surface area contributed by atoms with Crippen LogP contribution in [-0.2, 0) is 17.6 Å². The first kappa shape index (κ1) is 22.4. The van der Waals surface area contributed by atoms with Crippen LogP contribution in [0.25, 0.3) is 17.4 Å². The third kappa shape index (κ3) is 4.82. The van der Waals surface area contributed by atoms with Gasteiger partial charge < -0.3 is 9.73 Å². The number of fused-ring (bicyclic) bond motifs is 1. The number of hydrogen-bond acceptors (Lipinski definition) is 4. The van der Waals surface area contributed by atoms with Crippen molar-refractivity contribution in [1.82, 2.24) is 0 Å². The summed E-state index contributed by atoms with van der Waals surface area (Å²) in [6.45, 7) is 6.80. The number of carbonyl (C=O) groups is 1. The monoisotopic (exact) mass is 464 g/mol. The first-order valence-electron chi connectivity index (χ1n) is 10.6. The highest BCUT2D eigenvalue weighted by Gasteiger charge is 2.32. The average Bonchev–Trinajstić information content (AvgIpc) is 3.35. The van der Waals surface area contributed by atoms with E-state index in [0.29, 0.717) is 33.0 Å². The zero-order chi connectivity index (χ0) is 22.9. The minimum absolute atomic E-state index is 0.231. The lowest BCUT2D eigenvalue weighted by molar-refractivity contribution is -0.111. The number of nitriles is 1. The number of hydrogen-bond donors (Lipinski definition) is 1. The van der Waals surface area contributed by atoms with Crippen molar-refractivity contribution >= 4 is 39.9 Å². The van der Waals surface area contributed by atoms with Crippen LogP contribution < -0.4 is 5.32 Å². The molecule has 6 heteroatoms. The summed E-state index contributed by atoms with van der Waals surface area (Å²) in [4.78, 5) is 13.8. The molecular weight excluding hydrogens is 440 g/mol. The van der Waals surface area contributed by atoms with E-state index < -0.39 is 0 Å². The Morgan fingerprint density at radius 2 is 2.00 bits per heavy atom. The lowest BCUT2D eigenvalue weighted by Crippen LogP contribution is -2.26. The van der Waals surface area contributed by atoms with E-state index in [2.05, 4.69) is 32.2 Å². The largest absolute Gasteiger partial charge is 0.457 e. The molecule has 0 unspecified atom stereocenters. The van der Waals surface area contributed by atoms with Crippen LogP contribution in [0.3, 0.4) is 0 Å². The molecule has 1 aliphatic rings. The van der Waals surface area contributed by atoms with Gasteiger partial charge in [-0.2, -0.15) is 5.26 Å². The van der Waals surface area contributed by atoms with E-state index >= 15 is 0 Å². The fourth-order valence-corrected chi connectivity index (χ4v) is 5.46. The van der Waals surface area contributed by atoms with Crippen molar-refractivity contribution < 1.29 is 9.21 Å². The van der Waals surface area contributed by atoms with Gasteiger partial charge in [-0.05, 0) is 78.6 Å². The summed E-state index contributed by atoms with van der Waals surface area (Å²) < 4.78 is 5.81. The molecular formula is C26H25ClN2O2S. The predicted octanol–water partition coefficient (Wildman–Crippen LogP) is 7.34. The maximum absolute atomic E-state index is 12.5. The second-order valence-electron chi connectivity index (χ2n) is 9.16. The Kier molecular flexibility index (Phi) is 6.28. The van der Waals surface area contributed by atoms with Gasteiger partial charge in [0.1, 0.15) is 22.6 Å². The van der Waals surface area contributed by atoms with Crippen LogP contribution in [0.2, 0.25) is 5.02 Å². The van der Waals surface area contributed by atoms with Gasteiger partial charge in [0.2, 0.25) is 5.91 Å². The minimum Gasteiger partial charge on any atom is -0.457 e. The van der Waals surface area contributed by atoms with Gasteiger partial charge in [-0.25, -0.2) is 0 Å². The molecule has 1 N–H and O–H groups in total. The second-order valence-corrected chi connectivity index (χ2v) is 10.7. The highest BCUT2D eigenvalue weighted by molar-refractivity contribution is 7.16. The van der Waals surface area contributed by atoms with Gasteiger partial charge in [0.25, 0.3) is 0 Å². The third-order valence-corrected chi connectivity index (χ3v) is 7.41. The third-order valence-electron chi connectivity index (χ3n) is 5.99. The first-order valence-corrected chi connectivity index (χ1v) is 11.8. The number of furan rings is 1. The van der Waals surface area contributed by atoms with E-state index in [1.54, 1.807) is 18.2 Å². The standard InChI is InChI=1S/C26H25ClN2O2S/c1-26(2,3)17-6-11-20-21(15-28)25(32-23(20)14-17)29-24(30)13-10-19-9-12-22(31-19)16-4-7-18(27)8-5-16/h4-5,7-10,12-13,17H,6,11,14H2,1-3H3,(H,29,30)/b13-10+/t17-/m1/s1. The Balaban J connectivity index is 1.46. The molecule has 0 aliphatic heterocycles. The molecule has 2 aromatic heterocycles. The van der Waals surface area contributed by atoms with Crippen molar-refractivity contribution in [3.63, 3.8) is 0 Å². The number of anilines is 1. The van der Waals surface area contributed by atoms with Crippen molar-refractivity contribution in [2.24, 2.45) is 11.3 Å². The summed E-state index contributed by atoms with van der Waals surface area (Å²) in [5.74, 6) is 1.58. The molecule has 1 aliphatic carbocycles. The van der Waals surface area contributed by atoms with Gasteiger partial charge in [0.15, 0.2) is 0 Å². The van der Waals surface area contributed by atoms with Gasteiger partial charge in [-0.3, -0.25) is 4.79 Å². The van der Waals surface area contributed by atoms with Crippen molar-refractivity contribution in [3.05, 3.63) is 69.3 Å². The van der Waals surface area contributed by atoms with Gasteiger partial charge in [-0.15, -0.1) is 11.3 Å². The fourth-order valence-electron chi connectivity index (χ4n) is 4.05. The highest BCUT2D eigenvalue weighted by Crippen LogP contribution is 2.44. The summed E-state index contributed by atoms with van der Waals surface area (Å²) in [6, 6.07) is 13.3. The number of benzene rings is 1. The Hall–Kier alpha value is -2.81. The smallest absolute Gasteiger partial charge is 0.249 e. The first-order chi connectivity index (χ1) is 15.2. The number of carbonyl (C=O) groups excluding carboxylic acids is 1. The molecule has 0 saturated heterocycles. The molecule has 4 rings (SSSR count). The predicted molar refractivity (Wildman–Crippen MR) is 131 cm³/mol. The summed E-state index contributed by atoms with van der Waals surface area (Å²) in [6.07, 6.45) is 5.99. The Morgan fingerprint density at radius 3 is 2.69 bits per heavy atom. The molecule has 0 saturated carbocycles. The molecule has 1 aromatic carbocycles. The number of nitrogens with one attached hydrogen (secondary N) is 1. The number of rotatable bonds is 4. The van der Waals surface area contributed by atoms with E-state index in [0.717, 1.165) is 30.4 Å². The quantitative estimate of drug-likeness (QED) is 0.411. The summed E-state index contributed by atoms with van der Waals surface area (Å²) in [5, 5.41) is 13.9. The van der Waals surface area contributed by atoms with Crippen molar-refractivity contribution in [2.75, 3.05) is 5.32 Å². The highest BCUT2D eigenvalue weighted by atomic mass is 35.5. The van der Waals surface area contributed by atoms with Gasteiger partial charge in [-0.1, -0.05) is 32.4 Å². The maximum atomic E-state index is 12.5. The molecule has 2 heterocycles. The molecule has 4 nitrogen and oxygen atoms in total. The van der Waals surface area contributed by atoms with Gasteiger partial charge in [0, 0.05) is 21.5 Å². The van der Waals surface area contributed by atoms with Crippen LogP contribution in [0, 0.1) is 22.7 Å². The van der Waals surface area contributed by atoms with E-state index in [-0.39, 0.29) is 11.3 Å². The Bertz CT molecular complexity index is 1210. The normalized spacial score (nSPS) is 16.0. The number of thiophene rings is 1. The maximum Gasteiger partial charge on any atom is 0.249 e. The zero-order valence-electron chi connectivity index (χ0n) is 18.4. The number of nitrogens with zero attached hydrogens (tertiary/aromatic N) is 1. The molecule has 0 bridgehead atoms. The lowest BCUT2D eigenvalue weighted by atomic mass is 9.72. The van der Waals surface area contributed by atoms with E-state index in [4.69, 9.17) is 16.0 Å². The topological polar surface area (TPSA) is 66.0 Å². The van der Waals surface area contributed by atoms with Crippen LogP contribution in [0.5, 0.6) is 0 Å². The van der Waals surface area contributed by atoms with E-state index in [1.165, 1.54) is 22.3 Å². The molecule has 1 atom stereocenters. The number of amides is 1. The molecule has 0 radical (unpaired) electrons. The van der Waals surface area contributed by atoms with Gasteiger partial charge >= 0.3 is 0 Å². The van der Waals surface area contributed by atoms with Crippen molar-refractivity contribution in [3.8, 4) is 17.4 Å². The average molecular weight is 465 g/mol. The van der Waals surface area contributed by atoms with Crippen molar-refractivity contribution in [1.29, 1.82) is 5.26 Å². The molecule has 1 amide bonds.